The number of aromatic nitrogens is 1. The Balaban J connectivity index is 1.98. The van der Waals surface area contributed by atoms with Gasteiger partial charge in [0.1, 0.15) is 6.07 Å². The third kappa shape index (κ3) is 2.61. The molecular formula is C17H15N3S. The van der Waals surface area contributed by atoms with Gasteiger partial charge in [-0.05, 0) is 29.5 Å². The van der Waals surface area contributed by atoms with Crippen LogP contribution in [0.1, 0.15) is 22.9 Å². The fourth-order valence-electron chi connectivity index (χ4n) is 2.42. The summed E-state index contributed by atoms with van der Waals surface area (Å²) < 4.78 is 0. The van der Waals surface area contributed by atoms with Crippen LogP contribution in [-0.4, -0.2) is 4.98 Å². The maximum atomic E-state index is 9.31. The van der Waals surface area contributed by atoms with Crippen LogP contribution in [0.2, 0.25) is 0 Å². The summed E-state index contributed by atoms with van der Waals surface area (Å²) in [5.74, 6) is 0. The number of hydrogen-bond donors (Lipinski definition) is 1. The number of para-hydroxylation sites is 1. The molecule has 3 nitrogen and oxygen atoms in total. The molecule has 21 heavy (non-hydrogen) atoms. The molecule has 3 aromatic rings. The number of hydrogen-bond acceptors (Lipinski definition) is 4. The summed E-state index contributed by atoms with van der Waals surface area (Å²) >= 11 is 1.75. The molecule has 1 N–H and O–H groups in total. The number of aryl methyl sites for hydroxylation is 1. The van der Waals surface area contributed by atoms with E-state index in [1.54, 1.807) is 17.5 Å². The summed E-state index contributed by atoms with van der Waals surface area (Å²) in [6, 6.07) is 12.3. The lowest BCUT2D eigenvalue weighted by Crippen LogP contribution is -2.03. The molecule has 0 saturated carbocycles. The second-order valence-corrected chi connectivity index (χ2v) is 5.75. The first kappa shape index (κ1) is 13.6. The van der Waals surface area contributed by atoms with Crippen LogP contribution in [0, 0.1) is 11.3 Å². The standard InChI is InChI=1S/C17H15N3S/c1-2-12-7-8-21-16(12)11-20-17-13(9-18)10-19-15-6-4-3-5-14(15)17/h3-8,10H,2,11H2,1H3,(H,19,20). The van der Waals surface area contributed by atoms with Gasteiger partial charge in [0.05, 0.1) is 16.8 Å². The second kappa shape index (κ2) is 5.94. The first-order chi connectivity index (χ1) is 10.3. The molecule has 104 valence electrons. The van der Waals surface area contributed by atoms with Crippen molar-refractivity contribution in [1.29, 1.82) is 5.26 Å². The Kier molecular flexibility index (Phi) is 3.85. The van der Waals surface area contributed by atoms with Crippen LogP contribution in [0.3, 0.4) is 0 Å². The van der Waals surface area contributed by atoms with Crippen molar-refractivity contribution in [1.82, 2.24) is 4.98 Å². The number of thiophene rings is 1. The van der Waals surface area contributed by atoms with Crippen LogP contribution in [0.15, 0.2) is 41.9 Å². The fourth-order valence-corrected chi connectivity index (χ4v) is 3.34. The number of nitriles is 1. The van der Waals surface area contributed by atoms with Crippen molar-refractivity contribution in [3.05, 3.63) is 57.9 Å². The summed E-state index contributed by atoms with van der Waals surface area (Å²) in [6.45, 7) is 2.90. The lowest BCUT2D eigenvalue weighted by molar-refractivity contribution is 1.08. The van der Waals surface area contributed by atoms with E-state index < -0.39 is 0 Å². The molecule has 0 amide bonds. The highest BCUT2D eigenvalue weighted by atomic mass is 32.1. The molecule has 0 saturated heterocycles. The first-order valence-corrected chi connectivity index (χ1v) is 7.78. The van der Waals surface area contributed by atoms with Crippen LogP contribution >= 0.6 is 11.3 Å². The fraction of sp³-hybridized carbons (Fsp3) is 0.176. The third-order valence-electron chi connectivity index (χ3n) is 3.54. The average Bonchev–Trinajstić information content (AvgIpc) is 2.99. The molecule has 2 heterocycles. The Morgan fingerprint density at radius 3 is 2.95 bits per heavy atom. The van der Waals surface area contributed by atoms with Crippen LogP contribution < -0.4 is 5.32 Å². The van der Waals surface area contributed by atoms with Gasteiger partial charge < -0.3 is 5.32 Å². The number of rotatable bonds is 4. The summed E-state index contributed by atoms with van der Waals surface area (Å²) in [5, 5.41) is 15.8. The minimum atomic E-state index is 0.586. The van der Waals surface area contributed by atoms with Crippen LogP contribution in [0.4, 0.5) is 5.69 Å². The van der Waals surface area contributed by atoms with E-state index in [9.17, 15) is 5.26 Å². The zero-order valence-electron chi connectivity index (χ0n) is 11.8. The normalized spacial score (nSPS) is 10.5. The minimum absolute atomic E-state index is 0.586. The highest BCUT2D eigenvalue weighted by molar-refractivity contribution is 7.10. The summed E-state index contributed by atoms with van der Waals surface area (Å²) in [4.78, 5) is 5.65. The molecule has 0 spiro atoms. The summed E-state index contributed by atoms with van der Waals surface area (Å²) in [5.41, 5.74) is 3.73. The molecule has 3 rings (SSSR count). The van der Waals surface area contributed by atoms with E-state index in [1.807, 2.05) is 24.3 Å². The second-order valence-electron chi connectivity index (χ2n) is 4.75. The number of fused-ring (bicyclic) bond motifs is 1. The molecule has 2 aromatic heterocycles. The van der Waals surface area contributed by atoms with Crippen LogP contribution in [-0.2, 0) is 13.0 Å². The maximum Gasteiger partial charge on any atom is 0.103 e. The number of nitrogens with one attached hydrogen (secondary N) is 1. The topological polar surface area (TPSA) is 48.7 Å². The molecule has 0 fully saturated rings. The van der Waals surface area contributed by atoms with Crippen molar-refractivity contribution in [2.75, 3.05) is 5.32 Å². The summed E-state index contributed by atoms with van der Waals surface area (Å²) in [7, 11) is 0. The maximum absolute atomic E-state index is 9.31. The predicted octanol–water partition coefficient (Wildman–Crippen LogP) is 4.34. The highest BCUT2D eigenvalue weighted by Gasteiger charge is 2.09. The SMILES string of the molecule is CCc1ccsc1CNc1c(C#N)cnc2ccccc12. The van der Waals surface area contributed by atoms with Gasteiger partial charge in [-0.3, -0.25) is 4.98 Å². The monoisotopic (exact) mass is 293 g/mol. The van der Waals surface area contributed by atoms with Gasteiger partial charge in [0.2, 0.25) is 0 Å². The predicted molar refractivity (Wildman–Crippen MR) is 87.5 cm³/mol. The van der Waals surface area contributed by atoms with Crippen molar-refractivity contribution in [3.8, 4) is 6.07 Å². The minimum Gasteiger partial charge on any atom is -0.378 e. The molecule has 0 aliphatic carbocycles. The van der Waals surface area contributed by atoms with Gasteiger partial charge in [-0.1, -0.05) is 25.1 Å². The molecular weight excluding hydrogens is 278 g/mol. The molecule has 0 aliphatic heterocycles. The number of benzene rings is 1. The van der Waals surface area contributed by atoms with Crippen molar-refractivity contribution in [2.24, 2.45) is 0 Å². The lowest BCUT2D eigenvalue weighted by Gasteiger charge is -2.11. The van der Waals surface area contributed by atoms with E-state index in [2.05, 4.69) is 34.7 Å². The molecule has 0 atom stereocenters. The van der Waals surface area contributed by atoms with E-state index in [0.29, 0.717) is 5.56 Å². The van der Waals surface area contributed by atoms with Crippen molar-refractivity contribution in [3.63, 3.8) is 0 Å². The van der Waals surface area contributed by atoms with Crippen molar-refractivity contribution in [2.45, 2.75) is 19.9 Å². The zero-order chi connectivity index (χ0) is 14.7. The van der Waals surface area contributed by atoms with E-state index in [4.69, 9.17) is 0 Å². The van der Waals surface area contributed by atoms with E-state index in [1.165, 1.54) is 10.4 Å². The van der Waals surface area contributed by atoms with E-state index in [0.717, 1.165) is 29.6 Å². The van der Waals surface area contributed by atoms with E-state index >= 15 is 0 Å². The smallest absolute Gasteiger partial charge is 0.103 e. The molecule has 0 bridgehead atoms. The Morgan fingerprint density at radius 1 is 1.29 bits per heavy atom. The number of pyridine rings is 1. The molecule has 1 aromatic carbocycles. The largest absolute Gasteiger partial charge is 0.378 e. The Labute approximate surface area is 127 Å². The Hall–Kier alpha value is -2.38. The molecule has 0 aliphatic rings. The van der Waals surface area contributed by atoms with Crippen LogP contribution in [0.5, 0.6) is 0 Å². The highest BCUT2D eigenvalue weighted by Crippen LogP contribution is 2.27. The Bertz CT molecular complexity index is 814. The number of nitrogens with zero attached hydrogens (tertiary/aromatic N) is 2. The average molecular weight is 293 g/mol. The van der Waals surface area contributed by atoms with Gasteiger partial charge in [0, 0.05) is 23.0 Å². The van der Waals surface area contributed by atoms with Gasteiger partial charge in [-0.15, -0.1) is 11.3 Å². The van der Waals surface area contributed by atoms with Gasteiger partial charge in [-0.25, -0.2) is 0 Å². The van der Waals surface area contributed by atoms with E-state index in [-0.39, 0.29) is 0 Å². The molecule has 4 heteroatoms. The van der Waals surface area contributed by atoms with Crippen molar-refractivity contribution < 1.29 is 0 Å². The van der Waals surface area contributed by atoms with Gasteiger partial charge in [0.15, 0.2) is 0 Å². The van der Waals surface area contributed by atoms with Crippen LogP contribution in [0.25, 0.3) is 10.9 Å². The quantitative estimate of drug-likeness (QED) is 0.778. The Morgan fingerprint density at radius 2 is 2.14 bits per heavy atom. The first-order valence-electron chi connectivity index (χ1n) is 6.90. The molecule has 0 unspecified atom stereocenters. The van der Waals surface area contributed by atoms with Gasteiger partial charge in [0.25, 0.3) is 0 Å². The van der Waals surface area contributed by atoms with Crippen molar-refractivity contribution >= 4 is 27.9 Å². The molecule has 0 radical (unpaired) electrons. The lowest BCUT2D eigenvalue weighted by atomic mass is 10.1. The zero-order valence-corrected chi connectivity index (χ0v) is 12.6. The summed E-state index contributed by atoms with van der Waals surface area (Å²) in [6.07, 6.45) is 2.67. The van der Waals surface area contributed by atoms with Gasteiger partial charge >= 0.3 is 0 Å². The van der Waals surface area contributed by atoms with Gasteiger partial charge in [-0.2, -0.15) is 5.26 Å². The third-order valence-corrected chi connectivity index (χ3v) is 4.50. The number of anilines is 1.